The first kappa shape index (κ1) is 27.9. The van der Waals surface area contributed by atoms with E-state index in [-0.39, 0.29) is 17.6 Å². The number of piperazine rings is 1. The smallest absolute Gasteiger partial charge is 0.382 e. The summed E-state index contributed by atoms with van der Waals surface area (Å²) >= 11 is 5.91. The normalized spacial score (nSPS) is 17.5. The molecule has 1 amide bonds. The standard InChI is InChI=1S/C25H30ClF3N6O3/c26-18-3-6-23(30-17-18)33-14-12-32(13-15-33)9-1-2-24(36)34-10-7-19(8-11-34)31-20-4-5-22(35(37)38)21(16-20)25(27,28)29/h3-6,16-17,19,31H,1-2,7-15H2. The van der Waals surface area contributed by atoms with E-state index >= 15 is 0 Å². The molecule has 38 heavy (non-hydrogen) atoms. The summed E-state index contributed by atoms with van der Waals surface area (Å²) in [6, 6.07) is 6.57. The fourth-order valence-corrected chi connectivity index (χ4v) is 5.00. The van der Waals surface area contributed by atoms with Crippen LogP contribution in [0.4, 0.5) is 30.4 Å². The molecule has 9 nitrogen and oxygen atoms in total. The highest BCUT2D eigenvalue weighted by Crippen LogP contribution is 2.38. The number of nitrogens with zero attached hydrogens (tertiary/aromatic N) is 5. The van der Waals surface area contributed by atoms with E-state index in [1.165, 1.54) is 6.07 Å². The van der Waals surface area contributed by atoms with Crippen LogP contribution in [0.25, 0.3) is 0 Å². The van der Waals surface area contributed by atoms with E-state index in [2.05, 4.69) is 20.1 Å². The van der Waals surface area contributed by atoms with Crippen LogP contribution in [-0.2, 0) is 11.0 Å². The van der Waals surface area contributed by atoms with Crippen LogP contribution in [0.5, 0.6) is 0 Å². The van der Waals surface area contributed by atoms with Crippen molar-refractivity contribution < 1.29 is 22.9 Å². The fourth-order valence-electron chi connectivity index (χ4n) is 4.89. The van der Waals surface area contributed by atoms with Gasteiger partial charge in [-0.25, -0.2) is 4.98 Å². The van der Waals surface area contributed by atoms with Gasteiger partial charge in [0.1, 0.15) is 11.4 Å². The van der Waals surface area contributed by atoms with E-state index in [1.807, 2.05) is 12.1 Å². The molecule has 13 heteroatoms. The van der Waals surface area contributed by atoms with Gasteiger partial charge in [0.25, 0.3) is 5.69 Å². The van der Waals surface area contributed by atoms with Crippen LogP contribution < -0.4 is 10.2 Å². The lowest BCUT2D eigenvalue weighted by Gasteiger charge is -2.36. The number of anilines is 2. The van der Waals surface area contributed by atoms with Crippen molar-refractivity contribution in [1.82, 2.24) is 14.8 Å². The average molecular weight is 555 g/mol. The Morgan fingerprint density at radius 3 is 2.42 bits per heavy atom. The molecule has 0 aliphatic carbocycles. The minimum atomic E-state index is -4.82. The molecule has 0 atom stereocenters. The van der Waals surface area contributed by atoms with Crippen LogP contribution >= 0.6 is 11.6 Å². The number of carbonyl (C=O) groups excluding carboxylic acids is 1. The Bertz CT molecular complexity index is 1120. The zero-order valence-electron chi connectivity index (χ0n) is 20.8. The highest BCUT2D eigenvalue weighted by molar-refractivity contribution is 6.30. The van der Waals surface area contributed by atoms with Crippen LogP contribution in [0.15, 0.2) is 36.5 Å². The van der Waals surface area contributed by atoms with E-state index in [4.69, 9.17) is 11.6 Å². The van der Waals surface area contributed by atoms with E-state index in [0.717, 1.165) is 57.1 Å². The van der Waals surface area contributed by atoms with Gasteiger partial charge in [0.15, 0.2) is 0 Å². The van der Waals surface area contributed by atoms with Gasteiger partial charge in [-0.05, 0) is 50.1 Å². The molecule has 0 bridgehead atoms. The van der Waals surface area contributed by atoms with Gasteiger partial charge >= 0.3 is 6.18 Å². The van der Waals surface area contributed by atoms with Crippen LogP contribution in [0.2, 0.25) is 5.02 Å². The molecule has 2 fully saturated rings. The van der Waals surface area contributed by atoms with Crippen LogP contribution in [-0.4, -0.2) is 77.5 Å². The predicted molar refractivity (Wildman–Crippen MR) is 138 cm³/mol. The molecule has 0 spiro atoms. The van der Waals surface area contributed by atoms with Crippen LogP contribution in [0.3, 0.4) is 0 Å². The van der Waals surface area contributed by atoms with Crippen molar-refractivity contribution >= 4 is 34.7 Å². The van der Waals surface area contributed by atoms with Gasteiger partial charge in [0, 0.05) is 69.7 Å². The number of nitrogens with one attached hydrogen (secondary N) is 1. The summed E-state index contributed by atoms with van der Waals surface area (Å²) in [7, 11) is 0. The zero-order valence-corrected chi connectivity index (χ0v) is 21.5. The number of nitro benzene ring substituents is 1. The lowest BCUT2D eigenvalue weighted by molar-refractivity contribution is -0.388. The fraction of sp³-hybridized carbons (Fsp3) is 0.520. The maximum Gasteiger partial charge on any atom is 0.423 e. The number of alkyl halides is 3. The minimum absolute atomic E-state index is 0.0853. The van der Waals surface area contributed by atoms with Crippen molar-refractivity contribution in [2.24, 2.45) is 0 Å². The van der Waals surface area contributed by atoms with E-state index in [0.29, 0.717) is 37.4 Å². The van der Waals surface area contributed by atoms with E-state index in [1.54, 1.807) is 11.1 Å². The number of aromatic nitrogens is 1. The third-order valence-corrected chi connectivity index (χ3v) is 7.21. The molecule has 4 rings (SSSR count). The Labute approximate surface area is 223 Å². The summed E-state index contributed by atoms with van der Waals surface area (Å²) in [4.78, 5) is 33.3. The van der Waals surface area contributed by atoms with Gasteiger partial charge in [-0.15, -0.1) is 0 Å². The molecule has 1 N–H and O–H groups in total. The zero-order chi connectivity index (χ0) is 27.3. The SMILES string of the molecule is O=C(CCCN1CCN(c2ccc(Cl)cn2)CC1)N1CCC(Nc2ccc([N+](=O)[O-])c(C(F)(F)F)c2)CC1. The number of hydrogen-bond acceptors (Lipinski definition) is 7. The molecule has 0 saturated carbocycles. The number of hydrogen-bond donors (Lipinski definition) is 1. The van der Waals surface area contributed by atoms with E-state index < -0.39 is 22.4 Å². The first-order chi connectivity index (χ1) is 18.1. The van der Waals surface area contributed by atoms with Crippen molar-refractivity contribution in [3.05, 3.63) is 57.2 Å². The molecule has 2 aromatic rings. The number of amides is 1. The molecule has 0 radical (unpaired) electrons. The number of rotatable bonds is 8. The van der Waals surface area contributed by atoms with Gasteiger partial charge in [-0.3, -0.25) is 19.8 Å². The molecule has 0 unspecified atom stereocenters. The van der Waals surface area contributed by atoms with Crippen LogP contribution in [0, 0.1) is 10.1 Å². The number of piperidine rings is 1. The Morgan fingerprint density at radius 2 is 1.82 bits per heavy atom. The quantitative estimate of drug-likeness (QED) is 0.374. The molecular formula is C25H30ClF3N6O3. The van der Waals surface area contributed by atoms with Crippen molar-refractivity contribution in [3.63, 3.8) is 0 Å². The Balaban J connectivity index is 1.17. The van der Waals surface area contributed by atoms with Crippen molar-refractivity contribution in [2.75, 3.05) is 56.0 Å². The largest absolute Gasteiger partial charge is 0.423 e. The summed E-state index contributed by atoms with van der Waals surface area (Å²) in [5, 5.41) is 14.6. The third-order valence-electron chi connectivity index (χ3n) is 6.99. The number of likely N-dealkylation sites (tertiary alicyclic amines) is 1. The molecular weight excluding hydrogens is 525 g/mol. The second kappa shape index (κ2) is 12.2. The molecule has 3 heterocycles. The topological polar surface area (TPSA) is 94.9 Å². The van der Waals surface area contributed by atoms with Gasteiger partial charge in [0.2, 0.25) is 5.91 Å². The number of carbonyl (C=O) groups is 1. The maximum absolute atomic E-state index is 13.2. The highest BCUT2D eigenvalue weighted by atomic mass is 35.5. The van der Waals surface area contributed by atoms with E-state index in [9.17, 15) is 28.1 Å². The lowest BCUT2D eigenvalue weighted by Crippen LogP contribution is -2.47. The number of nitro groups is 1. The van der Waals surface area contributed by atoms with Gasteiger partial charge in [-0.2, -0.15) is 13.2 Å². The Kier molecular flexibility index (Phi) is 8.93. The summed E-state index contributed by atoms with van der Waals surface area (Å²) in [5.41, 5.74) is -2.06. The lowest BCUT2D eigenvalue weighted by atomic mass is 10.0. The summed E-state index contributed by atoms with van der Waals surface area (Å²) < 4.78 is 39.7. The minimum Gasteiger partial charge on any atom is -0.382 e. The molecule has 2 aliphatic heterocycles. The monoisotopic (exact) mass is 554 g/mol. The van der Waals surface area contributed by atoms with Crippen LogP contribution in [0.1, 0.15) is 31.2 Å². The Morgan fingerprint density at radius 1 is 1.11 bits per heavy atom. The number of halogens is 4. The number of benzene rings is 1. The summed E-state index contributed by atoms with van der Waals surface area (Å²) in [6.45, 7) is 5.39. The number of pyridine rings is 1. The Hall–Kier alpha value is -3.12. The first-order valence-corrected chi connectivity index (χ1v) is 13.0. The van der Waals surface area contributed by atoms with Crippen molar-refractivity contribution in [2.45, 2.75) is 37.9 Å². The molecule has 2 aliphatic rings. The van der Waals surface area contributed by atoms with Gasteiger partial charge in [-0.1, -0.05) is 11.6 Å². The highest BCUT2D eigenvalue weighted by Gasteiger charge is 2.38. The second-order valence-corrected chi connectivity index (χ2v) is 9.99. The molecule has 1 aromatic heterocycles. The van der Waals surface area contributed by atoms with Gasteiger partial charge < -0.3 is 15.1 Å². The molecule has 206 valence electrons. The van der Waals surface area contributed by atoms with Gasteiger partial charge in [0.05, 0.1) is 9.95 Å². The van der Waals surface area contributed by atoms with Crippen molar-refractivity contribution in [3.8, 4) is 0 Å². The summed E-state index contributed by atoms with van der Waals surface area (Å²) in [5.74, 6) is 0.999. The summed E-state index contributed by atoms with van der Waals surface area (Å²) in [6.07, 6.45) is -0.784. The maximum atomic E-state index is 13.2. The second-order valence-electron chi connectivity index (χ2n) is 9.55. The van der Waals surface area contributed by atoms with Crippen molar-refractivity contribution in [1.29, 1.82) is 0 Å². The first-order valence-electron chi connectivity index (χ1n) is 12.6. The molecule has 2 saturated heterocycles. The average Bonchev–Trinajstić information content (AvgIpc) is 2.89. The predicted octanol–water partition coefficient (Wildman–Crippen LogP) is 4.67. The molecule has 1 aromatic carbocycles. The third kappa shape index (κ3) is 7.25.